The van der Waals surface area contributed by atoms with Gasteiger partial charge in [-0.05, 0) is 0 Å². The molecule has 0 atom stereocenters. The largest absolute Gasteiger partial charge is 0.480 e. The van der Waals surface area contributed by atoms with Crippen LogP contribution in [0.25, 0.3) is 0 Å². The van der Waals surface area contributed by atoms with Gasteiger partial charge in [0.25, 0.3) is 0 Å². The number of amides is 1. The number of carbonyl (C=O) groups is 5. The van der Waals surface area contributed by atoms with Crippen LogP contribution < -0.4 is 0 Å². The molecule has 13 nitrogen and oxygen atoms in total. The molecule has 0 aromatic carbocycles. The average Bonchev–Trinajstić information content (AvgIpc) is 2.43. The minimum Gasteiger partial charge on any atom is -0.480 e. The summed E-state index contributed by atoms with van der Waals surface area (Å²) < 4.78 is 0. The van der Waals surface area contributed by atoms with Gasteiger partial charge in [-0.2, -0.15) is 0 Å². The van der Waals surface area contributed by atoms with Crippen LogP contribution in [0, 0.1) is 39.9 Å². The zero-order valence-electron chi connectivity index (χ0n) is 14.1. The molecule has 0 rings (SSSR count). The Morgan fingerprint density at radius 1 is 0.519 bits per heavy atom. The molecule has 0 fully saturated rings. The summed E-state index contributed by atoms with van der Waals surface area (Å²) in [5.41, 5.74) is 0. The first-order valence-corrected chi connectivity index (χ1v) is 7.31. The SMILES string of the molecule is O=C(O)CN(CCN(CCN(CC(=O)O)CC(=O)O)C(=O)O)CC(=O)O.[Gd]. The first-order valence-electron chi connectivity index (χ1n) is 7.31. The Kier molecular flexibility index (Phi) is 14.8. The molecule has 5 N–H and O–H groups in total. The summed E-state index contributed by atoms with van der Waals surface area (Å²) in [4.78, 5) is 56.9. The van der Waals surface area contributed by atoms with Crippen molar-refractivity contribution in [1.82, 2.24) is 14.7 Å². The molecule has 0 aliphatic rings. The smallest absolute Gasteiger partial charge is 0.407 e. The Balaban J connectivity index is 0. The van der Waals surface area contributed by atoms with Gasteiger partial charge in [-0.15, -0.1) is 0 Å². The number of hydrogen-bond donors (Lipinski definition) is 5. The molecule has 0 aromatic heterocycles. The van der Waals surface area contributed by atoms with Crippen molar-refractivity contribution in [3.8, 4) is 0 Å². The van der Waals surface area contributed by atoms with Gasteiger partial charge < -0.3 is 30.4 Å². The van der Waals surface area contributed by atoms with Crippen molar-refractivity contribution in [3.63, 3.8) is 0 Å². The molecule has 0 radical (unpaired) electrons. The molecular weight excluding hydrogens is 515 g/mol. The summed E-state index contributed by atoms with van der Waals surface area (Å²) in [6, 6.07) is 0. The number of rotatable bonds is 14. The van der Waals surface area contributed by atoms with Crippen molar-refractivity contribution < 1.29 is 89.4 Å². The fraction of sp³-hybridized carbons (Fsp3) is 0.615. The van der Waals surface area contributed by atoms with Gasteiger partial charge in [-0.1, -0.05) is 0 Å². The van der Waals surface area contributed by atoms with Gasteiger partial charge in [0.15, 0.2) is 0 Å². The van der Waals surface area contributed by atoms with E-state index in [9.17, 15) is 24.0 Å². The summed E-state index contributed by atoms with van der Waals surface area (Å²) in [6.45, 7) is -3.19. The fourth-order valence-electron chi connectivity index (χ4n) is 2.02. The van der Waals surface area contributed by atoms with E-state index in [0.717, 1.165) is 14.7 Å². The van der Waals surface area contributed by atoms with Crippen molar-refractivity contribution in [2.24, 2.45) is 0 Å². The van der Waals surface area contributed by atoms with E-state index in [1.54, 1.807) is 0 Å². The molecule has 0 heterocycles. The second-order valence-corrected chi connectivity index (χ2v) is 5.27. The first-order chi connectivity index (χ1) is 12.0. The van der Waals surface area contributed by atoms with Crippen molar-refractivity contribution >= 4 is 30.0 Å². The maximum atomic E-state index is 11.2. The Labute approximate surface area is 185 Å². The van der Waals surface area contributed by atoms with E-state index in [2.05, 4.69) is 0 Å². The Hall–Kier alpha value is -1.61. The third-order valence-electron chi connectivity index (χ3n) is 3.08. The molecule has 0 aliphatic carbocycles. The zero-order valence-corrected chi connectivity index (χ0v) is 16.4. The van der Waals surface area contributed by atoms with Gasteiger partial charge in [0, 0.05) is 66.1 Å². The molecule has 0 bridgehead atoms. The van der Waals surface area contributed by atoms with E-state index in [1.807, 2.05) is 0 Å². The predicted octanol–water partition coefficient (Wildman–Crippen LogP) is -2.09. The molecule has 14 heteroatoms. The molecule has 0 aliphatic heterocycles. The van der Waals surface area contributed by atoms with Crippen LogP contribution in [0.3, 0.4) is 0 Å². The second kappa shape index (κ2) is 14.5. The van der Waals surface area contributed by atoms with Gasteiger partial charge in [0.1, 0.15) is 0 Å². The van der Waals surface area contributed by atoms with E-state index >= 15 is 0 Å². The van der Waals surface area contributed by atoms with Crippen LogP contribution in [0.2, 0.25) is 0 Å². The molecule has 27 heavy (non-hydrogen) atoms. The summed E-state index contributed by atoms with van der Waals surface area (Å²) in [5.74, 6) is -5.10. The number of nitrogens with zero attached hydrogens (tertiary/aromatic N) is 3. The van der Waals surface area contributed by atoms with Crippen LogP contribution in [0.4, 0.5) is 4.79 Å². The van der Waals surface area contributed by atoms with E-state index in [1.165, 1.54) is 0 Å². The molecule has 0 spiro atoms. The Morgan fingerprint density at radius 3 is 0.963 bits per heavy atom. The normalized spacial score (nSPS) is 10.3. The number of aliphatic carboxylic acids is 4. The van der Waals surface area contributed by atoms with Crippen molar-refractivity contribution in [3.05, 3.63) is 0 Å². The molecular formula is C13H21GdN3O10. The van der Waals surface area contributed by atoms with Crippen molar-refractivity contribution in [2.75, 3.05) is 52.4 Å². The molecule has 0 aromatic rings. The number of carboxylic acid groups (broad SMARTS) is 5. The molecule has 0 unspecified atom stereocenters. The summed E-state index contributed by atoms with van der Waals surface area (Å²) in [5, 5.41) is 44.1. The second-order valence-electron chi connectivity index (χ2n) is 5.27. The van der Waals surface area contributed by atoms with Gasteiger partial charge in [-0.25, -0.2) is 4.79 Å². The van der Waals surface area contributed by atoms with E-state index in [-0.39, 0.29) is 66.1 Å². The summed E-state index contributed by atoms with van der Waals surface area (Å²) in [7, 11) is 0. The van der Waals surface area contributed by atoms with Crippen LogP contribution in [-0.2, 0) is 19.2 Å². The van der Waals surface area contributed by atoms with Crippen LogP contribution in [0.15, 0.2) is 0 Å². The minimum atomic E-state index is -1.39. The minimum absolute atomic E-state index is 0. The molecule has 156 valence electrons. The first kappa shape index (κ1) is 27.6. The van der Waals surface area contributed by atoms with Crippen LogP contribution in [0.1, 0.15) is 0 Å². The standard InChI is InChI=1S/C13H21N3O10.Gd/c17-9(18)5-14(6-10(19)20)1-3-16(13(25)26)4-2-15(7-11(21)22)8-12(23)24;/h1-8H2,(H,17,18)(H,19,20)(H,21,22)(H,23,24)(H,25,26);. The van der Waals surface area contributed by atoms with Crippen LogP contribution in [0.5, 0.6) is 0 Å². The van der Waals surface area contributed by atoms with Gasteiger partial charge >= 0.3 is 30.0 Å². The third kappa shape index (κ3) is 15.2. The maximum absolute atomic E-state index is 11.2. The summed E-state index contributed by atoms with van der Waals surface area (Å²) in [6.07, 6.45) is -1.39. The van der Waals surface area contributed by atoms with Crippen molar-refractivity contribution in [2.45, 2.75) is 0 Å². The Morgan fingerprint density at radius 2 is 0.778 bits per heavy atom. The van der Waals surface area contributed by atoms with Gasteiger partial charge in [-0.3, -0.25) is 29.0 Å². The number of hydrogen-bond acceptors (Lipinski definition) is 7. The van der Waals surface area contributed by atoms with Gasteiger partial charge in [0.05, 0.1) is 26.2 Å². The van der Waals surface area contributed by atoms with Gasteiger partial charge in [0.2, 0.25) is 0 Å². The summed E-state index contributed by atoms with van der Waals surface area (Å²) >= 11 is 0. The van der Waals surface area contributed by atoms with E-state index in [4.69, 9.17) is 25.5 Å². The third-order valence-corrected chi connectivity index (χ3v) is 3.08. The maximum Gasteiger partial charge on any atom is 0.407 e. The van der Waals surface area contributed by atoms with Crippen LogP contribution >= 0.6 is 0 Å². The predicted molar refractivity (Wildman–Crippen MR) is 83.0 cm³/mol. The monoisotopic (exact) mass is 537 g/mol. The topological polar surface area (TPSA) is 196 Å². The molecule has 0 saturated heterocycles. The molecule has 1 amide bonds. The van der Waals surface area contributed by atoms with Crippen LogP contribution in [-0.4, -0.2) is 123 Å². The zero-order chi connectivity index (χ0) is 20.3. The Bertz CT molecular complexity index is 472. The van der Waals surface area contributed by atoms with Crippen molar-refractivity contribution in [1.29, 1.82) is 0 Å². The van der Waals surface area contributed by atoms with E-state index < -0.39 is 56.1 Å². The average molecular weight is 537 g/mol. The number of carboxylic acids is 4. The quantitative estimate of drug-likeness (QED) is 0.163. The fourth-order valence-corrected chi connectivity index (χ4v) is 2.02. The van der Waals surface area contributed by atoms with E-state index in [0.29, 0.717) is 0 Å². The molecule has 0 saturated carbocycles.